The summed E-state index contributed by atoms with van der Waals surface area (Å²) < 4.78 is 0. The summed E-state index contributed by atoms with van der Waals surface area (Å²) in [5.74, 6) is 1.05. The summed E-state index contributed by atoms with van der Waals surface area (Å²) in [6.07, 6.45) is 1.99. The number of thiazole rings is 1. The Morgan fingerprint density at radius 2 is 2.00 bits per heavy atom. The Morgan fingerprint density at radius 1 is 1.26 bits per heavy atom. The summed E-state index contributed by atoms with van der Waals surface area (Å²) in [5, 5.41) is 6.33. The van der Waals surface area contributed by atoms with Crippen molar-refractivity contribution < 1.29 is 0 Å². The fourth-order valence-corrected chi connectivity index (χ4v) is 2.75. The van der Waals surface area contributed by atoms with Gasteiger partial charge in [-0.3, -0.25) is 0 Å². The van der Waals surface area contributed by atoms with Gasteiger partial charge in [-0.1, -0.05) is 44.2 Å². The Bertz CT molecular complexity index is 596. The second-order valence-corrected chi connectivity index (χ2v) is 6.64. The molecule has 1 aromatic heterocycles. The van der Waals surface area contributed by atoms with Crippen molar-refractivity contribution in [1.82, 2.24) is 10.3 Å². The molecule has 0 spiro atoms. The summed E-state index contributed by atoms with van der Waals surface area (Å²) in [5.41, 5.74) is 8.16. The Morgan fingerprint density at radius 3 is 2.70 bits per heavy atom. The van der Waals surface area contributed by atoms with Crippen molar-refractivity contribution in [1.29, 1.82) is 0 Å². The predicted molar refractivity (Wildman–Crippen MR) is 110 cm³/mol. The minimum absolute atomic E-state index is 0. The van der Waals surface area contributed by atoms with Crippen LogP contribution in [0.15, 0.2) is 40.7 Å². The molecule has 0 fully saturated rings. The average Bonchev–Trinajstić information content (AvgIpc) is 2.98. The highest BCUT2D eigenvalue weighted by atomic mass is 127. The highest BCUT2D eigenvalue weighted by Crippen LogP contribution is 2.13. The first-order valence-electron chi connectivity index (χ1n) is 7.64. The van der Waals surface area contributed by atoms with Gasteiger partial charge in [-0.25, -0.2) is 9.98 Å². The summed E-state index contributed by atoms with van der Waals surface area (Å²) >= 11 is 1.70. The van der Waals surface area contributed by atoms with E-state index in [1.807, 2.05) is 6.07 Å². The first-order valence-corrected chi connectivity index (χ1v) is 8.52. The SMILES string of the molecule is CC(C)CNC(N)=NCc1csc(CCc2ccccc2)n1.I. The topological polar surface area (TPSA) is 63.3 Å². The van der Waals surface area contributed by atoms with Crippen LogP contribution in [-0.2, 0) is 19.4 Å². The van der Waals surface area contributed by atoms with E-state index in [2.05, 4.69) is 58.8 Å². The number of nitrogens with two attached hydrogens (primary N) is 1. The standard InChI is InChI=1S/C17H24N4S.HI/c1-13(2)10-19-17(18)20-11-15-12-22-16(21-15)9-8-14-6-4-3-5-7-14;/h3-7,12-13H,8-11H2,1-2H3,(H3,18,19,20);1H. The van der Waals surface area contributed by atoms with Crippen LogP contribution in [0.2, 0.25) is 0 Å². The summed E-state index contributed by atoms with van der Waals surface area (Å²) in [4.78, 5) is 8.95. The molecule has 3 N–H and O–H groups in total. The van der Waals surface area contributed by atoms with Crippen LogP contribution < -0.4 is 11.1 Å². The fourth-order valence-electron chi connectivity index (χ4n) is 1.96. The molecule has 0 bridgehead atoms. The Labute approximate surface area is 159 Å². The third kappa shape index (κ3) is 7.78. The van der Waals surface area contributed by atoms with Gasteiger partial charge in [-0.05, 0) is 17.9 Å². The molecular weight excluding hydrogens is 419 g/mol. The van der Waals surface area contributed by atoms with E-state index < -0.39 is 0 Å². The fraction of sp³-hybridized carbons (Fsp3) is 0.412. The lowest BCUT2D eigenvalue weighted by atomic mass is 10.1. The number of hydrogen-bond acceptors (Lipinski definition) is 3. The zero-order chi connectivity index (χ0) is 15.8. The maximum absolute atomic E-state index is 5.83. The number of aliphatic imine (C=N–C) groups is 1. The van der Waals surface area contributed by atoms with Gasteiger partial charge in [0.15, 0.2) is 5.96 Å². The maximum Gasteiger partial charge on any atom is 0.188 e. The molecule has 0 amide bonds. The quantitative estimate of drug-likeness (QED) is 0.390. The molecule has 0 aliphatic rings. The molecule has 4 nitrogen and oxygen atoms in total. The number of aryl methyl sites for hydroxylation is 2. The zero-order valence-corrected chi connectivity index (χ0v) is 16.8. The van der Waals surface area contributed by atoms with Crippen LogP contribution in [0.3, 0.4) is 0 Å². The van der Waals surface area contributed by atoms with Gasteiger partial charge in [-0.2, -0.15) is 0 Å². The third-order valence-corrected chi connectivity index (χ3v) is 4.13. The van der Waals surface area contributed by atoms with Crippen molar-refractivity contribution >= 4 is 41.3 Å². The Kier molecular flexibility index (Phi) is 9.16. The normalized spacial score (nSPS) is 11.3. The predicted octanol–water partition coefficient (Wildman–Crippen LogP) is 3.61. The molecule has 0 aliphatic heterocycles. The Balaban J connectivity index is 0.00000264. The van der Waals surface area contributed by atoms with Crippen LogP contribution in [0, 0.1) is 5.92 Å². The molecule has 0 unspecified atom stereocenters. The maximum atomic E-state index is 5.83. The Hall–Kier alpha value is -1.15. The third-order valence-electron chi connectivity index (χ3n) is 3.17. The molecule has 0 aliphatic carbocycles. The van der Waals surface area contributed by atoms with Gasteiger partial charge >= 0.3 is 0 Å². The van der Waals surface area contributed by atoms with E-state index in [4.69, 9.17) is 5.73 Å². The molecule has 0 atom stereocenters. The van der Waals surface area contributed by atoms with Crippen molar-refractivity contribution in [3.8, 4) is 0 Å². The van der Waals surface area contributed by atoms with Crippen molar-refractivity contribution in [3.05, 3.63) is 52.0 Å². The monoisotopic (exact) mass is 444 g/mol. The molecule has 2 aromatic rings. The summed E-state index contributed by atoms with van der Waals surface area (Å²) in [6.45, 7) is 5.66. The van der Waals surface area contributed by atoms with Gasteiger partial charge in [0.25, 0.3) is 0 Å². The molecule has 2 rings (SSSR count). The lowest BCUT2D eigenvalue weighted by molar-refractivity contribution is 0.621. The van der Waals surface area contributed by atoms with Crippen molar-refractivity contribution in [2.75, 3.05) is 6.54 Å². The number of aromatic nitrogens is 1. The zero-order valence-electron chi connectivity index (χ0n) is 13.7. The van der Waals surface area contributed by atoms with E-state index in [9.17, 15) is 0 Å². The van der Waals surface area contributed by atoms with Gasteiger partial charge in [0.1, 0.15) is 0 Å². The van der Waals surface area contributed by atoms with Crippen LogP contribution in [0.5, 0.6) is 0 Å². The van der Waals surface area contributed by atoms with Crippen LogP contribution in [0.4, 0.5) is 0 Å². The molecule has 0 saturated carbocycles. The van der Waals surface area contributed by atoms with Crippen molar-refractivity contribution in [2.45, 2.75) is 33.2 Å². The number of hydrogen-bond donors (Lipinski definition) is 2. The van der Waals surface area contributed by atoms with E-state index in [1.165, 1.54) is 5.56 Å². The lowest BCUT2D eigenvalue weighted by Crippen LogP contribution is -2.34. The molecule has 1 aromatic carbocycles. The number of rotatable bonds is 7. The van der Waals surface area contributed by atoms with Gasteiger partial charge in [0, 0.05) is 18.3 Å². The second-order valence-electron chi connectivity index (χ2n) is 5.69. The molecule has 6 heteroatoms. The van der Waals surface area contributed by atoms with Crippen molar-refractivity contribution in [3.63, 3.8) is 0 Å². The van der Waals surface area contributed by atoms with Gasteiger partial charge < -0.3 is 11.1 Å². The first kappa shape index (κ1) is 19.9. The number of guanidine groups is 1. The van der Waals surface area contributed by atoms with Gasteiger partial charge in [0.2, 0.25) is 0 Å². The van der Waals surface area contributed by atoms with Crippen molar-refractivity contribution in [2.24, 2.45) is 16.6 Å². The number of halogens is 1. The second kappa shape index (κ2) is 10.6. The average molecular weight is 444 g/mol. The number of nitrogens with zero attached hydrogens (tertiary/aromatic N) is 2. The summed E-state index contributed by atoms with van der Waals surface area (Å²) in [6, 6.07) is 10.5. The van der Waals surface area contributed by atoms with Gasteiger partial charge in [-0.15, -0.1) is 35.3 Å². The smallest absolute Gasteiger partial charge is 0.188 e. The molecule has 1 heterocycles. The van der Waals surface area contributed by atoms with E-state index in [1.54, 1.807) is 11.3 Å². The molecule has 23 heavy (non-hydrogen) atoms. The van der Waals surface area contributed by atoms with E-state index >= 15 is 0 Å². The lowest BCUT2D eigenvalue weighted by Gasteiger charge is -2.07. The molecule has 0 saturated heterocycles. The largest absolute Gasteiger partial charge is 0.370 e. The first-order chi connectivity index (χ1) is 10.6. The van der Waals surface area contributed by atoms with Gasteiger partial charge in [0.05, 0.1) is 17.2 Å². The molecule has 126 valence electrons. The van der Waals surface area contributed by atoms with Crippen LogP contribution in [0.1, 0.15) is 30.1 Å². The highest BCUT2D eigenvalue weighted by molar-refractivity contribution is 14.0. The van der Waals surface area contributed by atoms with Crippen LogP contribution >= 0.6 is 35.3 Å². The molecular formula is C17H25IN4S. The minimum atomic E-state index is 0. The highest BCUT2D eigenvalue weighted by Gasteiger charge is 2.03. The van der Waals surface area contributed by atoms with Crippen LogP contribution in [-0.4, -0.2) is 17.5 Å². The van der Waals surface area contributed by atoms with E-state index in [0.29, 0.717) is 18.4 Å². The number of nitrogens with one attached hydrogen (secondary N) is 1. The van der Waals surface area contributed by atoms with E-state index in [0.717, 1.165) is 30.1 Å². The summed E-state index contributed by atoms with van der Waals surface area (Å²) in [7, 11) is 0. The van der Waals surface area contributed by atoms with Crippen LogP contribution in [0.25, 0.3) is 0 Å². The van der Waals surface area contributed by atoms with E-state index in [-0.39, 0.29) is 24.0 Å². The number of benzene rings is 1. The molecule has 0 radical (unpaired) electrons. The minimum Gasteiger partial charge on any atom is -0.370 e.